The molecule has 0 aliphatic heterocycles. The van der Waals surface area contributed by atoms with Gasteiger partial charge in [0.1, 0.15) is 0 Å². The van der Waals surface area contributed by atoms with Crippen molar-refractivity contribution in [3.05, 3.63) is 27.9 Å². The van der Waals surface area contributed by atoms with Crippen LogP contribution in [0.5, 0.6) is 0 Å². The summed E-state index contributed by atoms with van der Waals surface area (Å²) in [6.07, 6.45) is 1.20. The van der Waals surface area contributed by atoms with E-state index in [4.69, 9.17) is 9.52 Å². The van der Waals surface area contributed by atoms with E-state index < -0.39 is 5.97 Å². The number of aromatic nitrogens is 1. The summed E-state index contributed by atoms with van der Waals surface area (Å²) in [5.74, 6) is -0.929. The monoisotopic (exact) mass is 273 g/mol. The number of rotatable bonds is 2. The minimum atomic E-state index is -1.11. The predicted octanol–water partition coefficient (Wildman–Crippen LogP) is 2.86. The Kier molecular flexibility index (Phi) is 2.39. The molecule has 0 unspecified atom stereocenters. The third-order valence-electron chi connectivity index (χ3n) is 1.50. The van der Waals surface area contributed by atoms with Crippen LogP contribution >= 0.6 is 27.3 Å². The number of aromatic carboxylic acids is 1. The summed E-state index contributed by atoms with van der Waals surface area (Å²) in [6, 6.07) is 3.66. The minimum Gasteiger partial charge on any atom is -0.475 e. The molecule has 0 spiro atoms. The fourth-order valence-electron chi connectivity index (χ4n) is 0.916. The summed E-state index contributed by atoms with van der Waals surface area (Å²) in [7, 11) is 0. The van der Waals surface area contributed by atoms with Gasteiger partial charge in [-0.2, -0.15) is 0 Å². The van der Waals surface area contributed by atoms with Gasteiger partial charge in [0, 0.05) is 0 Å². The molecule has 0 amide bonds. The number of hydrogen-bond acceptors (Lipinski definition) is 4. The highest BCUT2D eigenvalue weighted by Crippen LogP contribution is 2.30. The van der Waals surface area contributed by atoms with E-state index in [-0.39, 0.29) is 5.76 Å². The van der Waals surface area contributed by atoms with Crippen LogP contribution in [-0.2, 0) is 0 Å². The molecule has 0 saturated carbocycles. The molecule has 14 heavy (non-hydrogen) atoms. The van der Waals surface area contributed by atoms with Gasteiger partial charge in [-0.05, 0) is 28.1 Å². The van der Waals surface area contributed by atoms with E-state index in [2.05, 4.69) is 20.9 Å². The van der Waals surface area contributed by atoms with Gasteiger partial charge in [0.25, 0.3) is 0 Å². The molecule has 2 aromatic heterocycles. The van der Waals surface area contributed by atoms with E-state index in [0.717, 1.165) is 8.66 Å². The van der Waals surface area contributed by atoms with Gasteiger partial charge in [0.05, 0.1) is 14.9 Å². The zero-order valence-corrected chi connectivity index (χ0v) is 9.13. The van der Waals surface area contributed by atoms with Crippen molar-refractivity contribution in [2.45, 2.75) is 0 Å². The Hall–Kier alpha value is -1.14. The molecule has 0 aromatic carbocycles. The van der Waals surface area contributed by atoms with Gasteiger partial charge in [0.2, 0.25) is 11.7 Å². The number of nitrogens with zero attached hydrogens (tertiary/aromatic N) is 1. The average Bonchev–Trinajstić information content (AvgIpc) is 2.70. The van der Waals surface area contributed by atoms with Crippen LogP contribution in [0.3, 0.4) is 0 Å². The van der Waals surface area contributed by atoms with Gasteiger partial charge in [-0.1, -0.05) is 0 Å². The Labute approximate surface area is 91.3 Å². The molecule has 0 atom stereocenters. The molecule has 1 N–H and O–H groups in total. The van der Waals surface area contributed by atoms with Crippen molar-refractivity contribution in [2.75, 3.05) is 0 Å². The van der Waals surface area contributed by atoms with E-state index in [1.807, 2.05) is 12.1 Å². The number of carboxylic acids is 1. The van der Waals surface area contributed by atoms with Crippen LogP contribution in [0.4, 0.5) is 0 Å². The second kappa shape index (κ2) is 3.55. The highest BCUT2D eigenvalue weighted by Gasteiger charge is 2.12. The molecule has 0 bridgehead atoms. The maximum absolute atomic E-state index is 10.5. The normalized spacial score (nSPS) is 10.4. The second-order valence-corrected chi connectivity index (χ2v) is 4.90. The molecule has 4 nitrogen and oxygen atoms in total. The molecule has 0 aliphatic carbocycles. The molecule has 2 aromatic rings. The van der Waals surface area contributed by atoms with Crippen LogP contribution in [0, 0.1) is 0 Å². The predicted molar refractivity (Wildman–Crippen MR) is 54.5 cm³/mol. The van der Waals surface area contributed by atoms with E-state index in [1.165, 1.54) is 17.5 Å². The van der Waals surface area contributed by atoms with Gasteiger partial charge in [-0.15, -0.1) is 11.3 Å². The maximum atomic E-state index is 10.5. The van der Waals surface area contributed by atoms with Gasteiger partial charge in [0.15, 0.2) is 0 Å². The first-order valence-electron chi connectivity index (χ1n) is 3.61. The Bertz CT molecular complexity index is 476. The summed E-state index contributed by atoms with van der Waals surface area (Å²) in [4.78, 5) is 15.2. The molecule has 2 heterocycles. The van der Waals surface area contributed by atoms with Crippen LogP contribution in [0.15, 0.2) is 26.5 Å². The molecule has 0 saturated heterocycles. The molecular weight excluding hydrogens is 270 g/mol. The number of halogens is 1. The lowest BCUT2D eigenvalue weighted by atomic mass is 10.5. The van der Waals surface area contributed by atoms with E-state index in [0.29, 0.717) is 5.89 Å². The maximum Gasteiger partial charge on any atom is 0.373 e. The minimum absolute atomic E-state index is 0.149. The molecule has 72 valence electrons. The molecule has 0 fully saturated rings. The van der Waals surface area contributed by atoms with Crippen LogP contribution in [0.1, 0.15) is 10.6 Å². The largest absolute Gasteiger partial charge is 0.475 e. The van der Waals surface area contributed by atoms with Crippen molar-refractivity contribution in [3.8, 4) is 10.8 Å². The van der Waals surface area contributed by atoms with Gasteiger partial charge >= 0.3 is 5.97 Å². The average molecular weight is 274 g/mol. The number of thiophene rings is 1. The van der Waals surface area contributed by atoms with Crippen molar-refractivity contribution < 1.29 is 14.3 Å². The first kappa shape index (κ1) is 9.42. The molecule has 2 rings (SSSR count). The third-order valence-corrected chi connectivity index (χ3v) is 3.11. The Morgan fingerprint density at radius 3 is 2.86 bits per heavy atom. The van der Waals surface area contributed by atoms with Crippen LogP contribution in [-0.4, -0.2) is 16.1 Å². The highest BCUT2D eigenvalue weighted by molar-refractivity contribution is 9.11. The number of carboxylic acid groups (broad SMARTS) is 1. The Balaban J connectivity index is 2.38. The summed E-state index contributed by atoms with van der Waals surface area (Å²) in [6.45, 7) is 0. The standard InChI is InChI=1S/C8H4BrNO3S/c9-6-2-1-5(14-6)7-10-3-4(13-7)8(11)12/h1-3H,(H,11,12). The van der Waals surface area contributed by atoms with Crippen molar-refractivity contribution in [2.24, 2.45) is 0 Å². The summed E-state index contributed by atoms with van der Waals surface area (Å²) < 4.78 is 5.97. The van der Waals surface area contributed by atoms with E-state index in [1.54, 1.807) is 0 Å². The lowest BCUT2D eigenvalue weighted by Gasteiger charge is -1.86. The third kappa shape index (κ3) is 1.71. The summed E-state index contributed by atoms with van der Waals surface area (Å²) >= 11 is 4.73. The lowest BCUT2D eigenvalue weighted by Crippen LogP contribution is -1.91. The van der Waals surface area contributed by atoms with Crippen LogP contribution < -0.4 is 0 Å². The second-order valence-electron chi connectivity index (χ2n) is 2.44. The first-order chi connectivity index (χ1) is 6.66. The van der Waals surface area contributed by atoms with Gasteiger partial charge in [-0.3, -0.25) is 0 Å². The molecule has 0 radical (unpaired) electrons. The first-order valence-corrected chi connectivity index (χ1v) is 5.22. The highest BCUT2D eigenvalue weighted by atomic mass is 79.9. The summed E-state index contributed by atoms with van der Waals surface area (Å²) in [5.41, 5.74) is 0. The molecule has 6 heteroatoms. The number of oxazole rings is 1. The fourth-order valence-corrected chi connectivity index (χ4v) is 2.24. The smallest absolute Gasteiger partial charge is 0.373 e. The number of hydrogen-bond donors (Lipinski definition) is 1. The molecule has 0 aliphatic rings. The van der Waals surface area contributed by atoms with E-state index in [9.17, 15) is 4.79 Å². The SMILES string of the molecule is O=C(O)c1cnc(-c2ccc(Br)s2)o1. The van der Waals surface area contributed by atoms with Crippen molar-refractivity contribution in [3.63, 3.8) is 0 Å². The zero-order valence-electron chi connectivity index (χ0n) is 6.73. The van der Waals surface area contributed by atoms with Crippen LogP contribution in [0.2, 0.25) is 0 Å². The lowest BCUT2D eigenvalue weighted by molar-refractivity contribution is 0.0663. The van der Waals surface area contributed by atoms with Crippen molar-refractivity contribution >= 4 is 33.2 Å². The molecular formula is C8H4BrNO3S. The Morgan fingerprint density at radius 2 is 2.36 bits per heavy atom. The zero-order chi connectivity index (χ0) is 10.1. The number of carbonyl (C=O) groups is 1. The van der Waals surface area contributed by atoms with Crippen molar-refractivity contribution in [1.82, 2.24) is 4.98 Å². The van der Waals surface area contributed by atoms with E-state index >= 15 is 0 Å². The van der Waals surface area contributed by atoms with Gasteiger partial charge < -0.3 is 9.52 Å². The topological polar surface area (TPSA) is 63.3 Å². The quantitative estimate of drug-likeness (QED) is 0.914. The van der Waals surface area contributed by atoms with Crippen LogP contribution in [0.25, 0.3) is 10.8 Å². The van der Waals surface area contributed by atoms with Crippen molar-refractivity contribution in [1.29, 1.82) is 0 Å². The Morgan fingerprint density at radius 1 is 1.57 bits per heavy atom. The fraction of sp³-hybridized carbons (Fsp3) is 0. The summed E-state index contributed by atoms with van der Waals surface area (Å²) in [5, 5.41) is 8.61. The van der Waals surface area contributed by atoms with Gasteiger partial charge in [-0.25, -0.2) is 9.78 Å².